The van der Waals surface area contributed by atoms with Crippen LogP contribution in [0.15, 0.2) is 0 Å². The molecule has 1 unspecified atom stereocenters. The molecule has 0 aromatic carbocycles. The number of hydrogen-bond acceptors (Lipinski definition) is 0. The molecule has 0 spiro atoms. The highest BCUT2D eigenvalue weighted by molar-refractivity contribution is 4.83. The second kappa shape index (κ2) is 12.5. The topological polar surface area (TPSA) is 0 Å². The Hall–Kier alpha value is 0. The molecule has 0 saturated heterocycles. The Labute approximate surface area is 111 Å². The highest BCUT2D eigenvalue weighted by Gasteiger charge is 2.15. The molecule has 0 heteroatoms. The Morgan fingerprint density at radius 3 is 1.47 bits per heavy atom. The summed E-state index contributed by atoms with van der Waals surface area (Å²) in [5.41, 5.74) is 0. The van der Waals surface area contributed by atoms with Gasteiger partial charge in [-0.05, 0) is 18.3 Å². The summed E-state index contributed by atoms with van der Waals surface area (Å²) in [4.78, 5) is 0. The summed E-state index contributed by atoms with van der Waals surface area (Å²) in [5.74, 6) is 1.79. The zero-order valence-corrected chi connectivity index (χ0v) is 12.8. The van der Waals surface area contributed by atoms with Crippen LogP contribution in [-0.4, -0.2) is 0 Å². The first-order chi connectivity index (χ1) is 8.28. The summed E-state index contributed by atoms with van der Waals surface area (Å²) in [6.45, 7) is 9.27. The Morgan fingerprint density at radius 1 is 0.588 bits per heavy atom. The van der Waals surface area contributed by atoms with Crippen molar-refractivity contribution in [2.75, 3.05) is 0 Å². The van der Waals surface area contributed by atoms with E-state index in [9.17, 15) is 0 Å². The van der Waals surface area contributed by atoms with Crippen molar-refractivity contribution in [1.82, 2.24) is 0 Å². The van der Waals surface area contributed by atoms with E-state index in [2.05, 4.69) is 34.1 Å². The molecule has 0 aliphatic rings. The van der Waals surface area contributed by atoms with E-state index in [4.69, 9.17) is 0 Å². The van der Waals surface area contributed by atoms with Gasteiger partial charge in [0.05, 0.1) is 0 Å². The van der Waals surface area contributed by atoms with Gasteiger partial charge in [0.15, 0.2) is 0 Å². The lowest BCUT2D eigenvalue weighted by atomic mass is 9.83. The van der Waals surface area contributed by atoms with Gasteiger partial charge in [-0.3, -0.25) is 0 Å². The summed E-state index contributed by atoms with van der Waals surface area (Å²) in [7, 11) is 0. The molecule has 0 fully saturated rings. The maximum Gasteiger partial charge on any atom is -0.0324 e. The molecule has 0 aromatic heterocycles. The molecule has 0 amide bonds. The van der Waals surface area contributed by atoms with Crippen molar-refractivity contribution in [2.24, 2.45) is 11.8 Å². The highest BCUT2D eigenvalue weighted by Crippen LogP contribution is 2.27. The Kier molecular flexibility index (Phi) is 12.5. The molecule has 1 atom stereocenters. The van der Waals surface area contributed by atoms with E-state index in [1.54, 1.807) is 0 Å². The Balaban J connectivity index is 3.98. The molecule has 1 radical (unpaired) electrons. The predicted octanol–water partition coefficient (Wildman–Crippen LogP) is 6.40. The minimum absolute atomic E-state index is 0.892. The summed E-state index contributed by atoms with van der Waals surface area (Å²) < 4.78 is 0. The second-order valence-electron chi connectivity index (χ2n) is 5.57. The fourth-order valence-electron chi connectivity index (χ4n) is 2.83. The molecule has 0 nitrogen and oxygen atoms in total. The predicted molar refractivity (Wildman–Crippen MR) is 80.1 cm³/mol. The van der Waals surface area contributed by atoms with Crippen LogP contribution in [0.2, 0.25) is 0 Å². The van der Waals surface area contributed by atoms with E-state index < -0.39 is 0 Å². The van der Waals surface area contributed by atoms with Crippen LogP contribution in [0.25, 0.3) is 0 Å². The average molecular weight is 239 g/mol. The molecule has 17 heavy (non-hydrogen) atoms. The fraction of sp³-hybridized carbons (Fsp3) is 0.941. The first-order valence-electron chi connectivity index (χ1n) is 8.13. The molecule has 0 aliphatic heterocycles. The third-order valence-corrected chi connectivity index (χ3v) is 3.70. The summed E-state index contributed by atoms with van der Waals surface area (Å²) in [5, 5.41) is 0. The van der Waals surface area contributed by atoms with Crippen LogP contribution in [-0.2, 0) is 0 Å². The van der Waals surface area contributed by atoms with Gasteiger partial charge in [-0.1, -0.05) is 91.9 Å². The van der Waals surface area contributed by atoms with Gasteiger partial charge in [0, 0.05) is 0 Å². The third kappa shape index (κ3) is 9.68. The SMILES string of the molecule is CCCCCC([CH]C(CCC)CCC)CCC. The van der Waals surface area contributed by atoms with Crippen molar-refractivity contribution in [3.05, 3.63) is 6.42 Å². The minimum Gasteiger partial charge on any atom is -0.0654 e. The first-order valence-corrected chi connectivity index (χ1v) is 8.13. The van der Waals surface area contributed by atoms with E-state index in [0.717, 1.165) is 11.8 Å². The summed E-state index contributed by atoms with van der Waals surface area (Å²) >= 11 is 0. The van der Waals surface area contributed by atoms with E-state index in [1.165, 1.54) is 64.2 Å². The van der Waals surface area contributed by atoms with Crippen LogP contribution < -0.4 is 0 Å². The van der Waals surface area contributed by atoms with Crippen LogP contribution >= 0.6 is 0 Å². The molecule has 0 rings (SSSR count). The van der Waals surface area contributed by atoms with Gasteiger partial charge in [0.25, 0.3) is 0 Å². The number of hydrogen-bond donors (Lipinski definition) is 0. The van der Waals surface area contributed by atoms with Gasteiger partial charge in [-0.2, -0.15) is 0 Å². The molecule has 0 bridgehead atoms. The van der Waals surface area contributed by atoms with Crippen molar-refractivity contribution >= 4 is 0 Å². The lowest BCUT2D eigenvalue weighted by molar-refractivity contribution is 0.388. The fourth-order valence-corrected chi connectivity index (χ4v) is 2.83. The van der Waals surface area contributed by atoms with Crippen LogP contribution in [0.3, 0.4) is 0 Å². The van der Waals surface area contributed by atoms with Gasteiger partial charge in [-0.25, -0.2) is 0 Å². The van der Waals surface area contributed by atoms with Crippen molar-refractivity contribution in [3.8, 4) is 0 Å². The van der Waals surface area contributed by atoms with Gasteiger partial charge in [0.1, 0.15) is 0 Å². The molecular weight excluding hydrogens is 204 g/mol. The van der Waals surface area contributed by atoms with Crippen LogP contribution in [0.1, 0.15) is 91.9 Å². The van der Waals surface area contributed by atoms with Gasteiger partial charge in [-0.15, -0.1) is 0 Å². The van der Waals surface area contributed by atoms with E-state index in [0.29, 0.717) is 0 Å². The molecule has 0 aliphatic carbocycles. The maximum atomic E-state index is 2.71. The Bertz CT molecular complexity index is 133. The molecular formula is C17H35. The Morgan fingerprint density at radius 2 is 1.06 bits per heavy atom. The average Bonchev–Trinajstić information content (AvgIpc) is 2.30. The van der Waals surface area contributed by atoms with Crippen molar-refractivity contribution in [1.29, 1.82) is 0 Å². The van der Waals surface area contributed by atoms with E-state index in [-0.39, 0.29) is 0 Å². The van der Waals surface area contributed by atoms with Gasteiger partial charge in [0.2, 0.25) is 0 Å². The molecule has 0 heterocycles. The van der Waals surface area contributed by atoms with Crippen molar-refractivity contribution < 1.29 is 0 Å². The lowest BCUT2D eigenvalue weighted by Gasteiger charge is -2.22. The quantitative estimate of drug-likeness (QED) is 0.345. The van der Waals surface area contributed by atoms with E-state index >= 15 is 0 Å². The molecule has 0 N–H and O–H groups in total. The first kappa shape index (κ1) is 17.0. The zero-order valence-electron chi connectivity index (χ0n) is 12.8. The summed E-state index contributed by atoms with van der Waals surface area (Å²) in [6.07, 6.45) is 16.6. The number of rotatable bonds is 12. The van der Waals surface area contributed by atoms with Crippen molar-refractivity contribution in [3.63, 3.8) is 0 Å². The molecule has 0 saturated carbocycles. The van der Waals surface area contributed by atoms with Crippen LogP contribution in [0.4, 0.5) is 0 Å². The van der Waals surface area contributed by atoms with E-state index in [1.807, 2.05) is 0 Å². The van der Waals surface area contributed by atoms with Crippen LogP contribution in [0.5, 0.6) is 0 Å². The lowest BCUT2D eigenvalue weighted by Crippen LogP contribution is -2.10. The van der Waals surface area contributed by atoms with Crippen molar-refractivity contribution in [2.45, 2.75) is 91.9 Å². The minimum atomic E-state index is 0.892. The monoisotopic (exact) mass is 239 g/mol. The maximum absolute atomic E-state index is 2.71. The number of unbranched alkanes of at least 4 members (excludes halogenated alkanes) is 2. The van der Waals surface area contributed by atoms with Crippen LogP contribution in [0, 0.1) is 18.3 Å². The normalized spacial score (nSPS) is 13.2. The molecule has 0 aromatic rings. The third-order valence-electron chi connectivity index (χ3n) is 3.70. The van der Waals surface area contributed by atoms with Gasteiger partial charge >= 0.3 is 0 Å². The largest absolute Gasteiger partial charge is 0.0654 e. The second-order valence-corrected chi connectivity index (χ2v) is 5.57. The smallest absolute Gasteiger partial charge is 0.0324 e. The summed E-state index contributed by atoms with van der Waals surface area (Å²) in [6, 6.07) is 0. The highest BCUT2D eigenvalue weighted by atomic mass is 14.2. The zero-order chi connectivity index (χ0) is 12.9. The van der Waals surface area contributed by atoms with Gasteiger partial charge < -0.3 is 0 Å². The standard InChI is InChI=1S/C17H35/c1-5-9-10-14-17(13-8-4)15-16(11-6-2)12-7-3/h15-17H,5-14H2,1-4H3. The molecule has 103 valence electrons.